The van der Waals surface area contributed by atoms with Gasteiger partial charge in [0.25, 0.3) is 0 Å². The number of nitrogens with zero attached hydrogens (tertiary/aromatic N) is 2. The summed E-state index contributed by atoms with van der Waals surface area (Å²) in [4.78, 5) is 2.15. The molecule has 0 aromatic rings. The fraction of sp³-hybridized carbons (Fsp3) is 0.950. The summed E-state index contributed by atoms with van der Waals surface area (Å²) in [5.41, 5.74) is 0. The second-order valence-electron chi connectivity index (χ2n) is 8.12. The molecular formula is C20H38N2O6. The van der Waals surface area contributed by atoms with Gasteiger partial charge in [-0.2, -0.15) is 5.26 Å². The summed E-state index contributed by atoms with van der Waals surface area (Å²) in [5.74, 6) is -0.916. The first-order valence-electron chi connectivity index (χ1n) is 9.94. The Morgan fingerprint density at radius 1 is 0.929 bits per heavy atom. The Morgan fingerprint density at radius 3 is 1.82 bits per heavy atom. The Kier molecular flexibility index (Phi) is 11.5. The molecule has 0 radical (unpaired) electrons. The van der Waals surface area contributed by atoms with Gasteiger partial charge in [-0.3, -0.25) is 0 Å². The van der Waals surface area contributed by atoms with E-state index in [9.17, 15) is 0 Å². The minimum atomic E-state index is -0.483. The molecule has 0 aliphatic carbocycles. The average Bonchev–Trinajstić information content (AvgIpc) is 3.12. The second-order valence-corrected chi connectivity index (χ2v) is 8.12. The van der Waals surface area contributed by atoms with Crippen LogP contribution in [-0.4, -0.2) is 89.0 Å². The van der Waals surface area contributed by atoms with E-state index in [0.717, 1.165) is 19.6 Å². The summed E-state index contributed by atoms with van der Waals surface area (Å²) in [7, 11) is 4.13. The lowest BCUT2D eigenvalue weighted by Gasteiger charge is -2.17. The molecule has 0 aromatic heterocycles. The van der Waals surface area contributed by atoms with Gasteiger partial charge in [-0.25, -0.2) is 0 Å². The fourth-order valence-corrected chi connectivity index (χ4v) is 2.72. The van der Waals surface area contributed by atoms with Crippen LogP contribution in [-0.2, 0) is 28.4 Å². The summed E-state index contributed by atoms with van der Waals surface area (Å²) in [5, 5.41) is 8.26. The lowest BCUT2D eigenvalue weighted by molar-refractivity contribution is -0.145. The van der Waals surface area contributed by atoms with E-state index in [1.54, 1.807) is 0 Å². The number of ether oxygens (including phenoxy) is 6. The van der Waals surface area contributed by atoms with Gasteiger partial charge in [0.2, 0.25) is 0 Å². The molecule has 2 fully saturated rings. The molecule has 0 N–H and O–H groups in total. The number of rotatable bonds is 10. The molecule has 2 heterocycles. The zero-order valence-electron chi connectivity index (χ0n) is 18.4. The molecule has 2 saturated heterocycles. The maximum Gasteiger partial charge on any atom is 0.163 e. The molecule has 2 unspecified atom stereocenters. The van der Waals surface area contributed by atoms with Crippen molar-refractivity contribution in [1.82, 2.24) is 4.90 Å². The van der Waals surface area contributed by atoms with Crippen LogP contribution in [0.2, 0.25) is 0 Å². The van der Waals surface area contributed by atoms with Crippen molar-refractivity contribution in [2.75, 3.05) is 60.3 Å². The average molecular weight is 403 g/mol. The van der Waals surface area contributed by atoms with E-state index in [2.05, 4.69) is 19.0 Å². The minimum absolute atomic E-state index is 0.00805. The lowest BCUT2D eigenvalue weighted by Crippen LogP contribution is -2.24. The molecule has 0 saturated carbocycles. The van der Waals surface area contributed by atoms with Crippen LogP contribution in [0.4, 0.5) is 0 Å². The van der Waals surface area contributed by atoms with Gasteiger partial charge in [-0.15, -0.1) is 0 Å². The van der Waals surface area contributed by atoms with E-state index in [-0.39, 0.29) is 12.2 Å². The second kappa shape index (κ2) is 12.7. The van der Waals surface area contributed by atoms with Crippen LogP contribution in [0.1, 0.15) is 40.5 Å². The topological polar surface area (TPSA) is 82.4 Å². The molecule has 0 amide bonds. The van der Waals surface area contributed by atoms with Gasteiger partial charge < -0.3 is 33.3 Å². The van der Waals surface area contributed by atoms with Gasteiger partial charge in [0, 0.05) is 6.61 Å². The SMILES string of the molecule is CC1(C)OCC(COCCC#N)O1.CN(C)CCCOCC1COC(C)(C)O1. The Balaban J connectivity index is 0.000000283. The molecule has 28 heavy (non-hydrogen) atoms. The molecule has 2 atom stereocenters. The van der Waals surface area contributed by atoms with E-state index in [4.69, 9.17) is 33.7 Å². The van der Waals surface area contributed by atoms with Crippen LogP contribution >= 0.6 is 0 Å². The Hall–Kier alpha value is -0.790. The predicted octanol–water partition coefficient (Wildman–Crippen LogP) is 2.17. The van der Waals surface area contributed by atoms with Crippen molar-refractivity contribution < 1.29 is 28.4 Å². The number of nitriles is 1. The third-order valence-electron chi connectivity index (χ3n) is 3.99. The Bertz CT molecular complexity index is 464. The quantitative estimate of drug-likeness (QED) is 0.514. The number of hydrogen-bond donors (Lipinski definition) is 0. The molecule has 2 rings (SSSR count). The zero-order valence-corrected chi connectivity index (χ0v) is 18.4. The first-order valence-corrected chi connectivity index (χ1v) is 9.94. The minimum Gasteiger partial charge on any atom is -0.379 e. The highest BCUT2D eigenvalue weighted by Crippen LogP contribution is 2.23. The highest BCUT2D eigenvalue weighted by molar-refractivity contribution is 4.72. The molecule has 0 spiro atoms. The zero-order chi connectivity index (χ0) is 21.0. The molecule has 8 heteroatoms. The summed E-state index contributed by atoms with van der Waals surface area (Å²) >= 11 is 0. The van der Waals surface area contributed by atoms with Crippen LogP contribution < -0.4 is 0 Å². The van der Waals surface area contributed by atoms with Crippen molar-refractivity contribution in [3.63, 3.8) is 0 Å². The summed E-state index contributed by atoms with van der Waals surface area (Å²) < 4.78 is 32.7. The van der Waals surface area contributed by atoms with Crippen molar-refractivity contribution in [2.24, 2.45) is 0 Å². The van der Waals surface area contributed by atoms with Crippen LogP contribution in [0, 0.1) is 11.3 Å². The summed E-state index contributed by atoms with van der Waals surface area (Å²) in [6.07, 6.45) is 1.59. The molecule has 0 bridgehead atoms. The Labute approximate surface area is 170 Å². The molecule has 0 aromatic carbocycles. The van der Waals surface area contributed by atoms with Gasteiger partial charge in [-0.05, 0) is 54.8 Å². The van der Waals surface area contributed by atoms with E-state index in [1.165, 1.54) is 0 Å². The van der Waals surface area contributed by atoms with Crippen molar-refractivity contribution in [2.45, 2.75) is 64.3 Å². The van der Waals surface area contributed by atoms with E-state index in [1.807, 2.05) is 33.8 Å². The third kappa shape index (κ3) is 11.9. The smallest absolute Gasteiger partial charge is 0.163 e. The monoisotopic (exact) mass is 402 g/mol. The summed E-state index contributed by atoms with van der Waals surface area (Å²) in [6.45, 7) is 12.3. The Morgan fingerprint density at radius 2 is 1.43 bits per heavy atom. The van der Waals surface area contributed by atoms with E-state index >= 15 is 0 Å². The molecule has 164 valence electrons. The largest absolute Gasteiger partial charge is 0.379 e. The van der Waals surface area contributed by atoms with Crippen molar-refractivity contribution >= 4 is 0 Å². The summed E-state index contributed by atoms with van der Waals surface area (Å²) in [6, 6.07) is 2.01. The molecule has 8 nitrogen and oxygen atoms in total. The molecule has 2 aliphatic heterocycles. The normalized spacial score (nSPS) is 25.4. The van der Waals surface area contributed by atoms with Crippen molar-refractivity contribution in [3.05, 3.63) is 0 Å². The standard InChI is InChI=1S/C11H23NO3.C9H15NO3/c1-11(2)14-9-10(15-11)8-13-7-5-6-12(3)4;1-9(2)12-7-8(13-9)6-11-5-3-4-10/h10H,5-9H2,1-4H3;8H,3,5-7H2,1-2H3. The number of hydrogen-bond acceptors (Lipinski definition) is 8. The lowest BCUT2D eigenvalue weighted by atomic mass is 10.4. The van der Waals surface area contributed by atoms with Crippen molar-refractivity contribution in [1.29, 1.82) is 5.26 Å². The highest BCUT2D eigenvalue weighted by atomic mass is 16.8. The highest BCUT2D eigenvalue weighted by Gasteiger charge is 2.33. The van der Waals surface area contributed by atoms with Crippen LogP contribution in [0.5, 0.6) is 0 Å². The first-order chi connectivity index (χ1) is 13.1. The van der Waals surface area contributed by atoms with Crippen LogP contribution in [0.25, 0.3) is 0 Å². The van der Waals surface area contributed by atoms with Gasteiger partial charge in [0.05, 0.1) is 45.5 Å². The molecular weight excluding hydrogens is 364 g/mol. The fourth-order valence-electron chi connectivity index (χ4n) is 2.72. The molecule has 2 aliphatic rings. The maximum absolute atomic E-state index is 8.26. The first kappa shape index (κ1) is 25.2. The van der Waals surface area contributed by atoms with Crippen LogP contribution in [0.3, 0.4) is 0 Å². The maximum atomic E-state index is 8.26. The van der Waals surface area contributed by atoms with Gasteiger partial charge in [-0.1, -0.05) is 0 Å². The van der Waals surface area contributed by atoms with E-state index < -0.39 is 11.6 Å². The van der Waals surface area contributed by atoms with Crippen molar-refractivity contribution in [3.8, 4) is 6.07 Å². The third-order valence-corrected chi connectivity index (χ3v) is 3.99. The van der Waals surface area contributed by atoms with Crippen LogP contribution in [0.15, 0.2) is 0 Å². The van der Waals surface area contributed by atoms with Gasteiger partial charge >= 0.3 is 0 Å². The van der Waals surface area contributed by atoms with Gasteiger partial charge in [0.1, 0.15) is 12.2 Å². The predicted molar refractivity (Wildman–Crippen MR) is 105 cm³/mol. The van der Waals surface area contributed by atoms with Gasteiger partial charge in [0.15, 0.2) is 11.6 Å². The van der Waals surface area contributed by atoms with E-state index in [0.29, 0.717) is 39.5 Å².